The number of rotatable bonds is 7. The number of nitrogens with zero attached hydrogens (tertiary/aromatic N) is 4. The Morgan fingerprint density at radius 2 is 1.78 bits per heavy atom. The number of amides is 1. The molecule has 1 amide bonds. The predicted molar refractivity (Wildman–Crippen MR) is 143 cm³/mol. The van der Waals surface area contributed by atoms with Gasteiger partial charge in [-0.15, -0.1) is 0 Å². The Bertz CT molecular complexity index is 1570. The summed E-state index contributed by atoms with van der Waals surface area (Å²) in [6.07, 6.45) is 1.52. The monoisotopic (exact) mass is 491 g/mol. The van der Waals surface area contributed by atoms with Crippen molar-refractivity contribution in [1.82, 2.24) is 20.2 Å². The Kier molecular flexibility index (Phi) is 6.63. The summed E-state index contributed by atoms with van der Waals surface area (Å²) in [6.45, 7) is 4.37. The summed E-state index contributed by atoms with van der Waals surface area (Å²) in [4.78, 5) is 18.3. The molecule has 37 heavy (non-hydrogen) atoms. The van der Waals surface area contributed by atoms with E-state index in [0.717, 1.165) is 22.6 Å². The highest BCUT2D eigenvalue weighted by molar-refractivity contribution is 6.08. The van der Waals surface area contributed by atoms with Gasteiger partial charge in [0.25, 0.3) is 5.91 Å². The molecular weight excluding hydrogens is 466 g/mol. The largest absolute Gasteiger partial charge is 0.508 e. The Hall–Kier alpha value is -4.98. The lowest BCUT2D eigenvalue weighted by molar-refractivity contribution is 0.0956. The van der Waals surface area contributed by atoms with Crippen molar-refractivity contribution in [2.24, 2.45) is 5.10 Å². The molecule has 184 valence electrons. The number of carbonyl (C=O) groups is 1. The van der Waals surface area contributed by atoms with E-state index in [4.69, 9.17) is 14.8 Å². The molecule has 0 radical (unpaired) electrons. The number of hydrogen-bond acceptors (Lipinski definition) is 6. The number of carbonyl (C=O) groups excluding carboxylic acids is 1. The molecule has 0 saturated heterocycles. The predicted octanol–water partition coefficient (Wildman–Crippen LogP) is 5.26. The number of fused-ring (bicyclic) bond motifs is 1. The molecule has 8 nitrogen and oxygen atoms in total. The number of aryl methyl sites for hydroxylation is 1. The van der Waals surface area contributed by atoms with Crippen LogP contribution in [0.1, 0.15) is 28.5 Å². The molecular formula is C29H25N5O3. The summed E-state index contributed by atoms with van der Waals surface area (Å²) in [5, 5.41) is 18.9. The van der Waals surface area contributed by atoms with Crippen LogP contribution in [-0.4, -0.2) is 38.6 Å². The van der Waals surface area contributed by atoms with Crippen molar-refractivity contribution in [3.63, 3.8) is 0 Å². The van der Waals surface area contributed by atoms with Gasteiger partial charge in [-0.2, -0.15) is 10.2 Å². The molecule has 0 saturated carbocycles. The average molecular weight is 492 g/mol. The first-order valence-electron chi connectivity index (χ1n) is 11.8. The Labute approximate surface area is 213 Å². The Morgan fingerprint density at radius 1 is 1.05 bits per heavy atom. The number of phenols is 1. The van der Waals surface area contributed by atoms with Gasteiger partial charge >= 0.3 is 0 Å². The van der Waals surface area contributed by atoms with E-state index in [1.807, 2.05) is 68.4 Å². The molecule has 2 aromatic heterocycles. The zero-order valence-corrected chi connectivity index (χ0v) is 20.4. The number of aromatic nitrogens is 3. The maximum Gasteiger partial charge on any atom is 0.272 e. The van der Waals surface area contributed by atoms with Gasteiger partial charge in [0, 0.05) is 5.56 Å². The smallest absolute Gasteiger partial charge is 0.272 e. The molecule has 5 aromatic rings. The normalized spacial score (nSPS) is 11.2. The summed E-state index contributed by atoms with van der Waals surface area (Å²) in [5.74, 6) is 0.539. The number of aromatic hydroxyl groups is 1. The maximum absolute atomic E-state index is 13.4. The molecule has 5 rings (SSSR count). The number of para-hydroxylation sites is 1. The summed E-state index contributed by atoms with van der Waals surface area (Å²) in [7, 11) is 0. The van der Waals surface area contributed by atoms with Gasteiger partial charge in [0.15, 0.2) is 5.65 Å². The van der Waals surface area contributed by atoms with Crippen LogP contribution < -0.4 is 10.2 Å². The summed E-state index contributed by atoms with van der Waals surface area (Å²) < 4.78 is 7.32. The highest BCUT2D eigenvalue weighted by Gasteiger charge is 2.21. The van der Waals surface area contributed by atoms with Crippen LogP contribution in [0, 0.1) is 6.92 Å². The van der Waals surface area contributed by atoms with Crippen LogP contribution in [-0.2, 0) is 0 Å². The molecule has 0 fully saturated rings. The topological polar surface area (TPSA) is 102 Å². The number of hydrazone groups is 1. The molecule has 8 heteroatoms. The second kappa shape index (κ2) is 10.3. The highest BCUT2D eigenvalue weighted by atomic mass is 16.5. The molecule has 2 heterocycles. The fourth-order valence-electron chi connectivity index (χ4n) is 4.04. The maximum atomic E-state index is 13.4. The standard InChI is InChI=1S/C29H25N5O3/c1-3-37-24-15-11-21(12-16-24)26-17-25(29(36)32-30-18-20-9-13-23(35)14-10-20)27-19(2)33-34(28(27)31-26)22-7-5-4-6-8-22/h4-18,35H,3H2,1-2H3,(H,32,36)/b30-18-. The summed E-state index contributed by atoms with van der Waals surface area (Å²) >= 11 is 0. The Morgan fingerprint density at radius 3 is 2.49 bits per heavy atom. The van der Waals surface area contributed by atoms with E-state index in [9.17, 15) is 9.90 Å². The van der Waals surface area contributed by atoms with Crippen molar-refractivity contribution >= 4 is 23.2 Å². The zero-order chi connectivity index (χ0) is 25.8. The SMILES string of the molecule is CCOc1ccc(-c2cc(C(=O)N/N=C\c3ccc(O)cc3)c3c(C)nn(-c4ccccc4)c3n2)cc1. The molecule has 0 atom stereocenters. The van der Waals surface area contributed by atoms with E-state index >= 15 is 0 Å². The van der Waals surface area contributed by atoms with Crippen LogP contribution >= 0.6 is 0 Å². The number of nitrogens with one attached hydrogen (secondary N) is 1. The average Bonchev–Trinajstić information content (AvgIpc) is 3.26. The van der Waals surface area contributed by atoms with E-state index in [2.05, 4.69) is 10.5 Å². The lowest BCUT2D eigenvalue weighted by Crippen LogP contribution is -2.18. The van der Waals surface area contributed by atoms with Crippen LogP contribution in [0.15, 0.2) is 90.0 Å². The second-order valence-electron chi connectivity index (χ2n) is 8.33. The van der Waals surface area contributed by atoms with Gasteiger partial charge in [0.1, 0.15) is 11.5 Å². The quantitative estimate of drug-likeness (QED) is 0.239. The minimum absolute atomic E-state index is 0.160. The van der Waals surface area contributed by atoms with E-state index in [0.29, 0.717) is 34.6 Å². The third kappa shape index (κ3) is 5.04. The van der Waals surface area contributed by atoms with Crippen molar-refractivity contribution in [2.75, 3.05) is 6.61 Å². The first kappa shape index (κ1) is 23.7. The van der Waals surface area contributed by atoms with Gasteiger partial charge in [-0.25, -0.2) is 15.1 Å². The molecule has 2 N–H and O–H groups in total. The minimum atomic E-state index is -0.384. The van der Waals surface area contributed by atoms with Crippen molar-refractivity contribution in [1.29, 1.82) is 0 Å². The third-order valence-electron chi connectivity index (χ3n) is 5.79. The lowest BCUT2D eigenvalue weighted by atomic mass is 10.0. The van der Waals surface area contributed by atoms with Crippen LogP contribution in [0.3, 0.4) is 0 Å². The minimum Gasteiger partial charge on any atom is -0.508 e. The number of pyridine rings is 1. The first-order chi connectivity index (χ1) is 18.0. The molecule has 0 spiro atoms. The van der Waals surface area contributed by atoms with Crippen LogP contribution in [0.5, 0.6) is 11.5 Å². The van der Waals surface area contributed by atoms with Crippen molar-refractivity contribution in [3.05, 3.63) is 102 Å². The van der Waals surface area contributed by atoms with Gasteiger partial charge in [-0.3, -0.25) is 4.79 Å². The van der Waals surface area contributed by atoms with Crippen molar-refractivity contribution in [3.8, 4) is 28.4 Å². The summed E-state index contributed by atoms with van der Waals surface area (Å²) in [6, 6.07) is 25.6. The van der Waals surface area contributed by atoms with Crippen LogP contribution in [0.2, 0.25) is 0 Å². The third-order valence-corrected chi connectivity index (χ3v) is 5.79. The molecule has 0 aliphatic heterocycles. The number of benzene rings is 3. The fraction of sp³-hybridized carbons (Fsp3) is 0.103. The van der Waals surface area contributed by atoms with Crippen LogP contribution in [0.4, 0.5) is 0 Å². The first-order valence-corrected chi connectivity index (χ1v) is 11.8. The molecule has 0 bridgehead atoms. The summed E-state index contributed by atoms with van der Waals surface area (Å²) in [5.41, 5.74) is 7.32. The van der Waals surface area contributed by atoms with Gasteiger partial charge in [0.2, 0.25) is 0 Å². The zero-order valence-electron chi connectivity index (χ0n) is 20.4. The number of hydrogen-bond donors (Lipinski definition) is 2. The van der Waals surface area contributed by atoms with E-state index in [1.165, 1.54) is 6.21 Å². The van der Waals surface area contributed by atoms with Crippen molar-refractivity contribution < 1.29 is 14.6 Å². The molecule has 0 aliphatic carbocycles. The van der Waals surface area contributed by atoms with E-state index < -0.39 is 0 Å². The molecule has 0 aliphatic rings. The Balaban J connectivity index is 1.59. The van der Waals surface area contributed by atoms with Gasteiger partial charge < -0.3 is 9.84 Å². The van der Waals surface area contributed by atoms with E-state index in [-0.39, 0.29) is 11.7 Å². The number of phenolic OH excluding ortho intramolecular Hbond substituents is 1. The van der Waals surface area contributed by atoms with E-state index in [1.54, 1.807) is 35.0 Å². The highest BCUT2D eigenvalue weighted by Crippen LogP contribution is 2.29. The van der Waals surface area contributed by atoms with Gasteiger partial charge in [0.05, 0.1) is 40.8 Å². The van der Waals surface area contributed by atoms with Crippen molar-refractivity contribution in [2.45, 2.75) is 13.8 Å². The molecule has 0 unspecified atom stereocenters. The molecule has 3 aromatic carbocycles. The second-order valence-corrected chi connectivity index (χ2v) is 8.33. The number of ether oxygens (including phenoxy) is 1. The fourth-order valence-corrected chi connectivity index (χ4v) is 4.04. The van der Waals surface area contributed by atoms with Gasteiger partial charge in [-0.1, -0.05) is 18.2 Å². The lowest BCUT2D eigenvalue weighted by Gasteiger charge is -2.09. The van der Waals surface area contributed by atoms with Gasteiger partial charge in [-0.05, 0) is 86.1 Å². The van der Waals surface area contributed by atoms with Crippen LogP contribution in [0.25, 0.3) is 28.0 Å².